The minimum Gasteiger partial charge on any atom is -0.377 e. The Balaban J connectivity index is 1.67. The van der Waals surface area contributed by atoms with Crippen molar-refractivity contribution in [1.82, 2.24) is 9.80 Å². The minimum absolute atomic E-state index is 0.368. The van der Waals surface area contributed by atoms with E-state index in [1.807, 2.05) is 0 Å². The first-order chi connectivity index (χ1) is 9.69. The molecule has 0 bridgehead atoms. The second kappa shape index (κ2) is 8.29. The van der Waals surface area contributed by atoms with Crippen LogP contribution in [0, 0.1) is 0 Å². The first-order valence-corrected chi connectivity index (χ1v) is 8.08. The molecule has 5 heteroatoms. The van der Waals surface area contributed by atoms with Crippen molar-refractivity contribution >= 4 is 0 Å². The summed E-state index contributed by atoms with van der Waals surface area (Å²) in [5.41, 5.74) is 5.48. The van der Waals surface area contributed by atoms with Gasteiger partial charge in [0, 0.05) is 45.3 Å². The van der Waals surface area contributed by atoms with Crippen molar-refractivity contribution < 1.29 is 9.47 Å². The molecule has 2 N–H and O–H groups in total. The van der Waals surface area contributed by atoms with Gasteiger partial charge in [0.1, 0.15) is 0 Å². The lowest BCUT2D eigenvalue weighted by Gasteiger charge is -2.39. The molecule has 0 aromatic carbocycles. The lowest BCUT2D eigenvalue weighted by atomic mass is 10.1. The van der Waals surface area contributed by atoms with Crippen LogP contribution in [0.2, 0.25) is 0 Å². The highest BCUT2D eigenvalue weighted by Gasteiger charge is 2.26. The molecule has 0 spiro atoms. The highest BCUT2D eigenvalue weighted by atomic mass is 16.5. The van der Waals surface area contributed by atoms with E-state index in [-0.39, 0.29) is 0 Å². The van der Waals surface area contributed by atoms with Crippen LogP contribution in [0.1, 0.15) is 26.7 Å². The average molecular weight is 285 g/mol. The molecule has 2 aliphatic rings. The van der Waals surface area contributed by atoms with E-state index in [1.165, 1.54) is 0 Å². The molecular formula is C15H31N3O2. The van der Waals surface area contributed by atoms with Gasteiger partial charge in [-0.05, 0) is 26.7 Å². The Morgan fingerprint density at radius 2 is 2.00 bits per heavy atom. The van der Waals surface area contributed by atoms with Gasteiger partial charge >= 0.3 is 0 Å². The summed E-state index contributed by atoms with van der Waals surface area (Å²) in [5.74, 6) is 0. The third-order valence-corrected chi connectivity index (χ3v) is 4.37. The molecule has 0 aromatic rings. The number of piperidine rings is 1. The lowest BCUT2D eigenvalue weighted by molar-refractivity contribution is -0.0613. The Hall–Kier alpha value is -0.200. The zero-order chi connectivity index (χ0) is 14.4. The van der Waals surface area contributed by atoms with Crippen LogP contribution in [-0.2, 0) is 9.47 Å². The van der Waals surface area contributed by atoms with Gasteiger partial charge in [-0.25, -0.2) is 0 Å². The van der Waals surface area contributed by atoms with Gasteiger partial charge in [0.25, 0.3) is 0 Å². The molecule has 118 valence electrons. The van der Waals surface area contributed by atoms with Crippen LogP contribution in [0.25, 0.3) is 0 Å². The highest BCUT2D eigenvalue weighted by Crippen LogP contribution is 2.16. The smallest absolute Gasteiger partial charge is 0.0829 e. The quantitative estimate of drug-likeness (QED) is 0.772. The molecule has 0 saturated carbocycles. The predicted octanol–water partition coefficient (Wildman–Crippen LogP) is 0.535. The number of hydrogen-bond acceptors (Lipinski definition) is 5. The van der Waals surface area contributed by atoms with Crippen molar-refractivity contribution in [3.63, 3.8) is 0 Å². The van der Waals surface area contributed by atoms with E-state index in [0.29, 0.717) is 31.4 Å². The summed E-state index contributed by atoms with van der Waals surface area (Å²) in [5, 5.41) is 0. The third-order valence-electron chi connectivity index (χ3n) is 4.37. The van der Waals surface area contributed by atoms with Crippen LogP contribution in [-0.4, -0.2) is 80.5 Å². The number of rotatable bonds is 6. The Morgan fingerprint density at radius 1 is 1.25 bits per heavy atom. The van der Waals surface area contributed by atoms with E-state index < -0.39 is 0 Å². The molecular weight excluding hydrogens is 254 g/mol. The first kappa shape index (κ1) is 16.2. The number of nitrogens with two attached hydrogens (primary N) is 1. The number of likely N-dealkylation sites (tertiary alicyclic amines) is 1. The van der Waals surface area contributed by atoms with Crippen molar-refractivity contribution in [3.05, 3.63) is 0 Å². The molecule has 2 saturated heterocycles. The van der Waals surface area contributed by atoms with Gasteiger partial charge < -0.3 is 20.1 Å². The normalized spacial score (nSPS) is 27.3. The Labute approximate surface area is 123 Å². The molecule has 2 rings (SSSR count). The average Bonchev–Trinajstić information content (AvgIpc) is 2.47. The molecule has 1 unspecified atom stereocenters. The van der Waals surface area contributed by atoms with E-state index in [2.05, 4.69) is 23.6 Å². The van der Waals surface area contributed by atoms with Crippen molar-refractivity contribution in [2.75, 3.05) is 52.5 Å². The maximum atomic E-state index is 5.92. The number of morpholine rings is 1. The van der Waals surface area contributed by atoms with Crippen LogP contribution < -0.4 is 5.73 Å². The van der Waals surface area contributed by atoms with Crippen LogP contribution in [0.4, 0.5) is 0 Å². The minimum atomic E-state index is 0.368. The molecule has 0 aromatic heterocycles. The molecule has 5 nitrogen and oxygen atoms in total. The predicted molar refractivity (Wildman–Crippen MR) is 80.9 cm³/mol. The van der Waals surface area contributed by atoms with E-state index >= 15 is 0 Å². The van der Waals surface area contributed by atoms with Gasteiger partial charge in [0.15, 0.2) is 0 Å². The van der Waals surface area contributed by atoms with Crippen molar-refractivity contribution in [3.8, 4) is 0 Å². The molecule has 20 heavy (non-hydrogen) atoms. The molecule has 0 aliphatic carbocycles. The Bertz CT molecular complexity index is 268. The molecule has 0 radical (unpaired) electrons. The van der Waals surface area contributed by atoms with Gasteiger partial charge in [-0.2, -0.15) is 0 Å². The SMILES string of the molecule is CC(C)N1CCOC(CN2CCC(OCCN)CC2)C1. The van der Waals surface area contributed by atoms with Crippen molar-refractivity contribution in [1.29, 1.82) is 0 Å². The second-order valence-corrected chi connectivity index (χ2v) is 6.24. The van der Waals surface area contributed by atoms with Crippen LogP contribution in [0.5, 0.6) is 0 Å². The molecule has 2 aliphatic heterocycles. The molecule has 2 heterocycles. The monoisotopic (exact) mass is 285 g/mol. The van der Waals surface area contributed by atoms with E-state index in [0.717, 1.165) is 52.2 Å². The van der Waals surface area contributed by atoms with Gasteiger partial charge in [-0.1, -0.05) is 0 Å². The van der Waals surface area contributed by atoms with Crippen molar-refractivity contribution in [2.45, 2.75) is 44.9 Å². The Kier molecular flexibility index (Phi) is 6.71. The van der Waals surface area contributed by atoms with E-state index in [1.54, 1.807) is 0 Å². The van der Waals surface area contributed by atoms with Crippen LogP contribution >= 0.6 is 0 Å². The van der Waals surface area contributed by atoms with E-state index in [9.17, 15) is 0 Å². The van der Waals surface area contributed by atoms with Crippen LogP contribution in [0.3, 0.4) is 0 Å². The van der Waals surface area contributed by atoms with Gasteiger partial charge in [-0.3, -0.25) is 4.90 Å². The summed E-state index contributed by atoms with van der Waals surface area (Å²) in [6.07, 6.45) is 3.03. The number of nitrogens with zero attached hydrogens (tertiary/aromatic N) is 2. The van der Waals surface area contributed by atoms with Crippen LogP contribution in [0.15, 0.2) is 0 Å². The van der Waals surface area contributed by atoms with Gasteiger partial charge in [0.05, 0.1) is 25.4 Å². The highest BCUT2D eigenvalue weighted by molar-refractivity contribution is 4.80. The zero-order valence-corrected chi connectivity index (χ0v) is 13.1. The topological polar surface area (TPSA) is 51.0 Å². The second-order valence-electron chi connectivity index (χ2n) is 6.24. The molecule has 2 fully saturated rings. The fraction of sp³-hybridized carbons (Fsp3) is 1.00. The van der Waals surface area contributed by atoms with Gasteiger partial charge in [0.2, 0.25) is 0 Å². The molecule has 1 atom stereocenters. The summed E-state index contributed by atoms with van der Waals surface area (Å²) in [6.45, 7) is 12.2. The fourth-order valence-electron chi connectivity index (χ4n) is 3.10. The third kappa shape index (κ3) is 4.97. The summed E-state index contributed by atoms with van der Waals surface area (Å²) in [7, 11) is 0. The largest absolute Gasteiger partial charge is 0.377 e. The first-order valence-electron chi connectivity index (χ1n) is 8.08. The molecule has 0 amide bonds. The maximum absolute atomic E-state index is 5.92. The summed E-state index contributed by atoms with van der Waals surface area (Å²) < 4.78 is 11.6. The number of hydrogen-bond donors (Lipinski definition) is 1. The summed E-state index contributed by atoms with van der Waals surface area (Å²) >= 11 is 0. The van der Waals surface area contributed by atoms with Crippen molar-refractivity contribution in [2.24, 2.45) is 5.73 Å². The maximum Gasteiger partial charge on any atom is 0.0829 e. The summed E-state index contributed by atoms with van der Waals surface area (Å²) in [4.78, 5) is 5.04. The lowest BCUT2D eigenvalue weighted by Crippen LogP contribution is -2.51. The number of ether oxygens (including phenoxy) is 2. The zero-order valence-electron chi connectivity index (χ0n) is 13.1. The van der Waals surface area contributed by atoms with Gasteiger partial charge in [-0.15, -0.1) is 0 Å². The standard InChI is InChI=1S/C15H31N3O2/c1-13(2)18-8-10-20-15(12-18)11-17-6-3-14(4-7-17)19-9-5-16/h13-15H,3-12,16H2,1-2H3. The Morgan fingerprint density at radius 3 is 2.65 bits per heavy atom. The van der Waals surface area contributed by atoms with E-state index in [4.69, 9.17) is 15.2 Å². The fourth-order valence-corrected chi connectivity index (χ4v) is 3.10. The summed E-state index contributed by atoms with van der Waals surface area (Å²) in [6, 6.07) is 0.622.